The van der Waals surface area contributed by atoms with Crippen LogP contribution >= 0.6 is 11.6 Å². The van der Waals surface area contributed by atoms with Crippen LogP contribution in [0.2, 0.25) is 5.02 Å². The number of halogens is 1. The van der Waals surface area contributed by atoms with Crippen molar-refractivity contribution < 1.29 is 18.0 Å². The van der Waals surface area contributed by atoms with Crippen LogP contribution < -0.4 is 5.32 Å². The van der Waals surface area contributed by atoms with Gasteiger partial charge in [-0.1, -0.05) is 24.1 Å². The van der Waals surface area contributed by atoms with Gasteiger partial charge in [-0.15, -0.1) is 0 Å². The molecule has 2 aliphatic rings. The van der Waals surface area contributed by atoms with Crippen molar-refractivity contribution in [1.29, 1.82) is 0 Å². The lowest BCUT2D eigenvalue weighted by molar-refractivity contribution is -0.121. The first-order chi connectivity index (χ1) is 15.8. The number of nitrogens with one attached hydrogen (secondary N) is 1. The van der Waals surface area contributed by atoms with Crippen molar-refractivity contribution in [3.05, 3.63) is 59.1 Å². The maximum Gasteiger partial charge on any atom is 0.253 e. The lowest BCUT2D eigenvalue weighted by Crippen LogP contribution is -2.43. The monoisotopic (exact) mass is 489 g/mol. The molecular weight excluding hydrogens is 462 g/mol. The number of nitrogens with zero attached hydrogens (tertiary/aromatic N) is 2. The molecule has 0 radical (unpaired) electrons. The minimum atomic E-state index is -3.58. The van der Waals surface area contributed by atoms with Gasteiger partial charge in [0, 0.05) is 42.5 Å². The zero-order valence-corrected chi connectivity index (χ0v) is 19.9. The highest BCUT2D eigenvalue weighted by Crippen LogP contribution is 2.25. The number of anilines is 1. The van der Waals surface area contributed by atoms with Crippen LogP contribution in [0.5, 0.6) is 0 Å². The van der Waals surface area contributed by atoms with Gasteiger partial charge in [0.1, 0.15) is 0 Å². The van der Waals surface area contributed by atoms with E-state index in [4.69, 9.17) is 11.6 Å². The molecule has 0 spiro atoms. The van der Waals surface area contributed by atoms with Crippen molar-refractivity contribution in [2.45, 2.75) is 37.0 Å². The number of hydrogen-bond donors (Lipinski definition) is 1. The lowest BCUT2D eigenvalue weighted by Gasteiger charge is -2.32. The number of carbonyl (C=O) groups excluding carboxylic acids is 2. The van der Waals surface area contributed by atoms with E-state index in [1.165, 1.54) is 10.4 Å². The standard InChI is InChI=1S/C24H28ClN3O4S/c25-20-11-9-18(10-12-20)24(30)27-13-5-6-19(17-27)23(29)26-21-7-4-8-22(16-21)33(31,32)28-14-2-1-3-15-28/h4,7-12,16,19H,1-3,5-6,13-15,17H2,(H,26,29). The minimum absolute atomic E-state index is 0.126. The summed E-state index contributed by atoms with van der Waals surface area (Å²) in [7, 11) is -3.58. The molecule has 2 heterocycles. The van der Waals surface area contributed by atoms with Gasteiger partial charge in [0.2, 0.25) is 15.9 Å². The van der Waals surface area contributed by atoms with Crippen molar-refractivity contribution in [2.24, 2.45) is 5.92 Å². The maximum absolute atomic E-state index is 13.0. The van der Waals surface area contributed by atoms with Crippen LogP contribution in [0.25, 0.3) is 0 Å². The van der Waals surface area contributed by atoms with Crippen LogP contribution in [0.1, 0.15) is 42.5 Å². The largest absolute Gasteiger partial charge is 0.338 e. The quantitative estimate of drug-likeness (QED) is 0.687. The van der Waals surface area contributed by atoms with Crippen molar-refractivity contribution in [1.82, 2.24) is 9.21 Å². The number of piperidine rings is 2. The first-order valence-corrected chi connectivity index (χ1v) is 13.1. The number of likely N-dealkylation sites (tertiary alicyclic amines) is 1. The zero-order chi connectivity index (χ0) is 23.4. The lowest BCUT2D eigenvalue weighted by atomic mass is 9.96. The second kappa shape index (κ2) is 10.2. The fourth-order valence-corrected chi connectivity index (χ4v) is 6.07. The number of rotatable bonds is 5. The predicted molar refractivity (Wildman–Crippen MR) is 128 cm³/mol. The van der Waals surface area contributed by atoms with Gasteiger partial charge in [-0.3, -0.25) is 9.59 Å². The Hall–Kier alpha value is -2.42. The summed E-state index contributed by atoms with van der Waals surface area (Å²) in [6, 6.07) is 13.1. The fourth-order valence-electron chi connectivity index (χ4n) is 4.38. The Morgan fingerprint density at radius 1 is 0.939 bits per heavy atom. The third-order valence-corrected chi connectivity index (χ3v) is 8.37. The molecule has 2 saturated heterocycles. The molecule has 0 saturated carbocycles. The Balaban J connectivity index is 1.42. The Morgan fingerprint density at radius 3 is 2.39 bits per heavy atom. The van der Waals surface area contributed by atoms with Gasteiger partial charge in [0.05, 0.1) is 10.8 Å². The summed E-state index contributed by atoms with van der Waals surface area (Å²) in [6.07, 6.45) is 4.16. The molecule has 4 rings (SSSR count). The van der Waals surface area contributed by atoms with Gasteiger partial charge in [-0.25, -0.2) is 8.42 Å². The van der Waals surface area contributed by atoms with Crippen molar-refractivity contribution >= 4 is 39.1 Å². The third kappa shape index (κ3) is 5.57. The second-order valence-electron chi connectivity index (χ2n) is 8.58. The van der Waals surface area contributed by atoms with E-state index in [0.717, 1.165) is 25.7 Å². The van der Waals surface area contributed by atoms with Gasteiger partial charge in [-0.05, 0) is 68.1 Å². The van der Waals surface area contributed by atoms with Crippen LogP contribution in [0.4, 0.5) is 5.69 Å². The fraction of sp³-hybridized carbons (Fsp3) is 0.417. The van der Waals surface area contributed by atoms with Crippen molar-refractivity contribution in [2.75, 3.05) is 31.5 Å². The molecule has 0 bridgehead atoms. The highest BCUT2D eigenvalue weighted by Gasteiger charge is 2.30. The molecule has 2 aromatic rings. The Bertz CT molecular complexity index is 1110. The summed E-state index contributed by atoms with van der Waals surface area (Å²) in [5.74, 6) is -0.702. The molecule has 9 heteroatoms. The molecule has 2 aliphatic heterocycles. The predicted octanol–water partition coefficient (Wildman–Crippen LogP) is 4.01. The Morgan fingerprint density at radius 2 is 1.67 bits per heavy atom. The van der Waals surface area contributed by atoms with Gasteiger partial charge in [-0.2, -0.15) is 4.31 Å². The van der Waals surface area contributed by atoms with Crippen LogP contribution in [0.3, 0.4) is 0 Å². The molecule has 2 fully saturated rings. The van der Waals surface area contributed by atoms with E-state index in [1.54, 1.807) is 47.4 Å². The Kier molecular flexibility index (Phi) is 7.36. The molecule has 2 aromatic carbocycles. The van der Waals surface area contributed by atoms with Crippen molar-refractivity contribution in [3.63, 3.8) is 0 Å². The van der Waals surface area contributed by atoms with Gasteiger partial charge in [0.25, 0.3) is 5.91 Å². The second-order valence-corrected chi connectivity index (χ2v) is 11.0. The van der Waals surface area contributed by atoms with E-state index in [9.17, 15) is 18.0 Å². The number of hydrogen-bond acceptors (Lipinski definition) is 4. The maximum atomic E-state index is 13.0. The first kappa shape index (κ1) is 23.7. The SMILES string of the molecule is O=C(Nc1cccc(S(=O)(=O)N2CCCCC2)c1)C1CCCN(C(=O)c2ccc(Cl)cc2)C1. The normalized spacial score (nSPS) is 19.8. The van der Waals surface area contributed by atoms with Gasteiger partial charge in [0.15, 0.2) is 0 Å². The molecule has 1 atom stereocenters. The van der Waals surface area contributed by atoms with Crippen LogP contribution in [-0.4, -0.2) is 55.6 Å². The molecule has 1 unspecified atom stereocenters. The molecule has 1 N–H and O–H groups in total. The minimum Gasteiger partial charge on any atom is -0.338 e. The Labute approximate surface area is 199 Å². The summed E-state index contributed by atoms with van der Waals surface area (Å²) < 4.78 is 27.4. The smallest absolute Gasteiger partial charge is 0.253 e. The van der Waals surface area contributed by atoms with E-state index in [0.29, 0.717) is 48.9 Å². The summed E-state index contributed by atoms with van der Waals surface area (Å²) in [5, 5.41) is 3.42. The summed E-state index contributed by atoms with van der Waals surface area (Å²) in [5.41, 5.74) is 0.982. The third-order valence-electron chi connectivity index (χ3n) is 6.22. The number of benzene rings is 2. The average molecular weight is 490 g/mol. The summed E-state index contributed by atoms with van der Waals surface area (Å²) in [4.78, 5) is 27.6. The first-order valence-electron chi connectivity index (χ1n) is 11.3. The molecule has 0 aromatic heterocycles. The number of carbonyl (C=O) groups is 2. The molecule has 0 aliphatic carbocycles. The van der Waals surface area contributed by atoms with E-state index in [2.05, 4.69) is 5.32 Å². The van der Waals surface area contributed by atoms with Crippen LogP contribution in [-0.2, 0) is 14.8 Å². The average Bonchev–Trinajstić information content (AvgIpc) is 2.85. The van der Waals surface area contributed by atoms with E-state index in [1.807, 2.05) is 0 Å². The highest BCUT2D eigenvalue weighted by molar-refractivity contribution is 7.89. The van der Waals surface area contributed by atoms with Gasteiger partial charge < -0.3 is 10.2 Å². The van der Waals surface area contributed by atoms with E-state index >= 15 is 0 Å². The number of amides is 2. The molecule has 7 nitrogen and oxygen atoms in total. The molecule has 2 amide bonds. The number of sulfonamides is 1. The molecular formula is C24H28ClN3O4S. The molecule has 33 heavy (non-hydrogen) atoms. The topological polar surface area (TPSA) is 86.8 Å². The zero-order valence-electron chi connectivity index (χ0n) is 18.4. The molecule has 176 valence electrons. The summed E-state index contributed by atoms with van der Waals surface area (Å²) in [6.45, 7) is 1.96. The van der Waals surface area contributed by atoms with E-state index < -0.39 is 10.0 Å². The van der Waals surface area contributed by atoms with Crippen LogP contribution in [0.15, 0.2) is 53.4 Å². The highest BCUT2D eigenvalue weighted by atomic mass is 35.5. The van der Waals surface area contributed by atoms with Crippen molar-refractivity contribution in [3.8, 4) is 0 Å². The van der Waals surface area contributed by atoms with Gasteiger partial charge >= 0.3 is 0 Å². The van der Waals surface area contributed by atoms with Crippen LogP contribution in [0, 0.1) is 5.92 Å². The van der Waals surface area contributed by atoms with E-state index in [-0.39, 0.29) is 22.6 Å². The summed E-state index contributed by atoms with van der Waals surface area (Å²) >= 11 is 5.91.